The van der Waals surface area contributed by atoms with Crippen LogP contribution in [0.25, 0.3) is 0 Å². The highest BCUT2D eigenvalue weighted by atomic mass is 16.6. The molecule has 0 N–H and O–H groups in total. The molecule has 0 aromatic heterocycles. The number of carbonyl (C=O) groups excluding carboxylic acids is 1. The van der Waals surface area contributed by atoms with E-state index in [4.69, 9.17) is 4.74 Å². The highest BCUT2D eigenvalue weighted by Gasteiger charge is 2.51. The van der Waals surface area contributed by atoms with E-state index >= 15 is 0 Å². The van der Waals surface area contributed by atoms with Crippen LogP contribution in [0.3, 0.4) is 0 Å². The van der Waals surface area contributed by atoms with Crippen molar-refractivity contribution < 1.29 is 9.53 Å². The molecule has 2 aliphatic rings. The number of rotatable bonds is 3. The summed E-state index contributed by atoms with van der Waals surface area (Å²) in [5.41, 5.74) is 0.625. The van der Waals surface area contributed by atoms with Crippen molar-refractivity contribution in [3.05, 3.63) is 0 Å². The summed E-state index contributed by atoms with van der Waals surface area (Å²) in [6.45, 7) is 14.6. The van der Waals surface area contributed by atoms with Crippen LogP contribution in [0, 0.1) is 5.41 Å². The molecule has 0 aromatic rings. The number of hydrogen-bond donors (Lipinski definition) is 0. The summed E-state index contributed by atoms with van der Waals surface area (Å²) < 4.78 is 5.28. The molecule has 2 rings (SSSR count). The molecule has 0 radical (unpaired) electrons. The second-order valence-electron chi connectivity index (χ2n) is 7.13. The summed E-state index contributed by atoms with van der Waals surface area (Å²) in [6.07, 6.45) is 2.12. The molecule has 1 amide bonds. The quantitative estimate of drug-likeness (QED) is 0.789. The van der Waals surface area contributed by atoms with E-state index in [1.807, 2.05) is 18.7 Å². The number of ether oxygens (including phenoxy) is 1. The number of hydrogen-bond acceptors (Lipinski definition) is 3. The minimum absolute atomic E-state index is 0.0269. The van der Waals surface area contributed by atoms with Gasteiger partial charge in [-0.3, -0.25) is 4.90 Å². The molecule has 110 valence electrons. The van der Waals surface area contributed by atoms with E-state index in [1.54, 1.807) is 0 Å². The summed E-state index contributed by atoms with van der Waals surface area (Å²) in [5, 5.41) is 0. The molecular weight excluding hydrogens is 240 g/mol. The van der Waals surface area contributed by atoms with Crippen LogP contribution in [0.4, 0.5) is 4.79 Å². The van der Waals surface area contributed by atoms with Gasteiger partial charge in [-0.2, -0.15) is 0 Å². The van der Waals surface area contributed by atoms with Crippen molar-refractivity contribution >= 4 is 6.09 Å². The molecule has 4 nitrogen and oxygen atoms in total. The zero-order valence-electron chi connectivity index (χ0n) is 13.0. The Bertz CT molecular complexity index is 346. The number of amides is 1. The van der Waals surface area contributed by atoms with Crippen molar-refractivity contribution in [3.63, 3.8) is 0 Å². The third kappa shape index (κ3) is 2.88. The lowest BCUT2D eigenvalue weighted by Crippen LogP contribution is -2.64. The average molecular weight is 268 g/mol. The molecule has 0 saturated carbocycles. The van der Waals surface area contributed by atoms with Gasteiger partial charge in [0.05, 0.1) is 6.10 Å². The third-order valence-corrected chi connectivity index (χ3v) is 4.81. The first-order valence-corrected chi connectivity index (χ1v) is 7.49. The van der Waals surface area contributed by atoms with Crippen LogP contribution in [0.5, 0.6) is 0 Å². The molecule has 0 atom stereocenters. The standard InChI is InChI=1S/C15H28N2O2/c1-6-14(4,5)17-10-15(11-17)7-8-16(9-15)13(18)19-12(2)3/h12H,6-11H2,1-5H3. The van der Waals surface area contributed by atoms with Gasteiger partial charge in [0, 0.05) is 37.1 Å². The Morgan fingerprint density at radius 2 is 1.95 bits per heavy atom. The Hall–Kier alpha value is -0.770. The second-order valence-corrected chi connectivity index (χ2v) is 7.13. The van der Waals surface area contributed by atoms with Gasteiger partial charge >= 0.3 is 6.09 Å². The van der Waals surface area contributed by atoms with Crippen LogP contribution < -0.4 is 0 Å². The van der Waals surface area contributed by atoms with E-state index in [9.17, 15) is 4.79 Å². The average Bonchev–Trinajstić information content (AvgIpc) is 2.71. The van der Waals surface area contributed by atoms with Crippen LogP contribution in [0.1, 0.15) is 47.5 Å². The monoisotopic (exact) mass is 268 g/mol. The first-order chi connectivity index (χ1) is 8.78. The zero-order chi connectivity index (χ0) is 14.3. The van der Waals surface area contributed by atoms with Crippen molar-refractivity contribution in [2.45, 2.75) is 59.1 Å². The van der Waals surface area contributed by atoms with Crippen LogP contribution >= 0.6 is 0 Å². The highest BCUT2D eigenvalue weighted by Crippen LogP contribution is 2.43. The fraction of sp³-hybridized carbons (Fsp3) is 0.933. The fourth-order valence-electron chi connectivity index (χ4n) is 3.04. The van der Waals surface area contributed by atoms with Gasteiger partial charge in [0.2, 0.25) is 0 Å². The predicted octanol–water partition coefficient (Wildman–Crippen LogP) is 2.73. The fourth-order valence-corrected chi connectivity index (χ4v) is 3.04. The molecule has 0 aromatic carbocycles. The highest BCUT2D eigenvalue weighted by molar-refractivity contribution is 5.68. The van der Waals surface area contributed by atoms with Crippen molar-refractivity contribution in [3.8, 4) is 0 Å². The van der Waals surface area contributed by atoms with Crippen LogP contribution in [0.15, 0.2) is 0 Å². The normalized spacial score (nSPS) is 22.9. The van der Waals surface area contributed by atoms with E-state index in [-0.39, 0.29) is 17.7 Å². The molecule has 1 spiro atoms. The lowest BCUT2D eigenvalue weighted by Gasteiger charge is -2.55. The SMILES string of the molecule is CCC(C)(C)N1CC2(CCN(C(=O)OC(C)C)C2)C1. The maximum absolute atomic E-state index is 11.9. The van der Waals surface area contributed by atoms with E-state index in [1.165, 1.54) is 6.42 Å². The summed E-state index contributed by atoms with van der Waals surface area (Å²) in [7, 11) is 0. The predicted molar refractivity (Wildman–Crippen MR) is 76.2 cm³/mol. The Balaban J connectivity index is 1.86. The van der Waals surface area contributed by atoms with Crippen LogP contribution in [-0.2, 0) is 4.74 Å². The zero-order valence-corrected chi connectivity index (χ0v) is 13.0. The summed E-state index contributed by atoms with van der Waals surface area (Å²) >= 11 is 0. The minimum atomic E-state index is -0.139. The Morgan fingerprint density at radius 3 is 2.47 bits per heavy atom. The number of likely N-dealkylation sites (tertiary alicyclic amines) is 2. The van der Waals surface area contributed by atoms with Gasteiger partial charge in [0.1, 0.15) is 0 Å². The molecule has 4 heteroatoms. The van der Waals surface area contributed by atoms with E-state index in [2.05, 4.69) is 25.7 Å². The molecule has 0 unspecified atom stereocenters. The van der Waals surface area contributed by atoms with Gasteiger partial charge in [-0.1, -0.05) is 6.92 Å². The Kier molecular flexibility index (Phi) is 3.83. The van der Waals surface area contributed by atoms with Crippen LogP contribution in [0.2, 0.25) is 0 Å². The first kappa shape index (κ1) is 14.6. The second kappa shape index (κ2) is 4.97. The summed E-state index contributed by atoms with van der Waals surface area (Å²) in [6, 6.07) is 0. The van der Waals surface area contributed by atoms with Crippen molar-refractivity contribution in [1.29, 1.82) is 0 Å². The topological polar surface area (TPSA) is 32.8 Å². The molecular formula is C15H28N2O2. The Labute approximate surface area is 117 Å². The molecule has 2 saturated heterocycles. The van der Waals surface area contributed by atoms with E-state index < -0.39 is 0 Å². The lowest BCUT2D eigenvalue weighted by molar-refractivity contribution is -0.0603. The number of nitrogens with zero attached hydrogens (tertiary/aromatic N) is 2. The maximum atomic E-state index is 11.9. The van der Waals surface area contributed by atoms with Crippen LogP contribution in [-0.4, -0.2) is 53.7 Å². The van der Waals surface area contributed by atoms with Gasteiger partial charge in [-0.25, -0.2) is 4.79 Å². The van der Waals surface area contributed by atoms with E-state index in [0.29, 0.717) is 5.41 Å². The van der Waals surface area contributed by atoms with Gasteiger partial charge < -0.3 is 9.64 Å². The maximum Gasteiger partial charge on any atom is 0.410 e. The summed E-state index contributed by atoms with van der Waals surface area (Å²) in [5.74, 6) is 0. The first-order valence-electron chi connectivity index (χ1n) is 7.49. The molecule has 2 aliphatic heterocycles. The van der Waals surface area contributed by atoms with Crippen molar-refractivity contribution in [1.82, 2.24) is 9.80 Å². The number of carbonyl (C=O) groups is 1. The van der Waals surface area contributed by atoms with Gasteiger partial charge in [-0.15, -0.1) is 0 Å². The third-order valence-electron chi connectivity index (χ3n) is 4.81. The molecule has 2 heterocycles. The molecule has 0 bridgehead atoms. The minimum Gasteiger partial charge on any atom is -0.447 e. The largest absolute Gasteiger partial charge is 0.447 e. The van der Waals surface area contributed by atoms with Gasteiger partial charge in [0.15, 0.2) is 0 Å². The molecule has 0 aliphatic carbocycles. The van der Waals surface area contributed by atoms with Gasteiger partial charge in [0.25, 0.3) is 0 Å². The van der Waals surface area contributed by atoms with Gasteiger partial charge in [-0.05, 0) is 40.5 Å². The lowest BCUT2D eigenvalue weighted by atomic mass is 9.75. The molecule has 19 heavy (non-hydrogen) atoms. The van der Waals surface area contributed by atoms with Crippen molar-refractivity contribution in [2.75, 3.05) is 26.2 Å². The smallest absolute Gasteiger partial charge is 0.410 e. The molecule has 2 fully saturated rings. The van der Waals surface area contributed by atoms with E-state index in [0.717, 1.165) is 32.6 Å². The van der Waals surface area contributed by atoms with Crippen molar-refractivity contribution in [2.24, 2.45) is 5.41 Å². The summed E-state index contributed by atoms with van der Waals surface area (Å²) in [4.78, 5) is 16.3. The Morgan fingerprint density at radius 1 is 1.32 bits per heavy atom.